The van der Waals surface area contributed by atoms with Crippen molar-refractivity contribution in [1.29, 1.82) is 0 Å². The van der Waals surface area contributed by atoms with Crippen LogP contribution in [0.5, 0.6) is 0 Å². The molecular weight excluding hydrogens is 385 g/mol. The molecule has 0 radical (unpaired) electrons. The van der Waals surface area contributed by atoms with E-state index in [1.165, 1.54) is 0 Å². The molecule has 1 N–H and O–H groups in total. The van der Waals surface area contributed by atoms with E-state index >= 15 is 0 Å². The molecule has 25 heavy (non-hydrogen) atoms. The topological polar surface area (TPSA) is 55.4 Å². The maximum Gasteiger partial charge on any atom is 0.310 e. The number of amides is 1. The lowest BCUT2D eigenvalue weighted by atomic mass is 10.1. The molecule has 0 atom stereocenters. The highest BCUT2D eigenvalue weighted by atomic mass is 35.5. The number of hydrogen-bond acceptors (Lipinski definition) is 3. The van der Waals surface area contributed by atoms with E-state index in [2.05, 4.69) is 5.32 Å². The van der Waals surface area contributed by atoms with Crippen molar-refractivity contribution in [2.24, 2.45) is 0 Å². The molecule has 0 saturated heterocycles. The lowest BCUT2D eigenvalue weighted by Gasteiger charge is -2.12. The number of ether oxygens (including phenoxy) is 1. The third-order valence-corrected chi connectivity index (χ3v) is 4.30. The third kappa shape index (κ3) is 5.63. The number of carbonyl (C=O) groups is 2. The molecule has 0 spiro atoms. The zero-order valence-corrected chi connectivity index (χ0v) is 15.9. The Labute approximate surface area is 161 Å². The molecule has 0 bridgehead atoms. The van der Waals surface area contributed by atoms with E-state index in [9.17, 15) is 9.59 Å². The molecule has 0 aliphatic carbocycles. The summed E-state index contributed by atoms with van der Waals surface area (Å²) < 4.78 is 4.98. The zero-order valence-electron chi connectivity index (χ0n) is 13.7. The highest BCUT2D eigenvalue weighted by Gasteiger charge is 2.13. The van der Waals surface area contributed by atoms with Gasteiger partial charge in [0.05, 0.1) is 17.1 Å². The molecule has 0 saturated carbocycles. The van der Waals surface area contributed by atoms with Crippen molar-refractivity contribution >= 4 is 52.4 Å². The first-order valence-electron chi connectivity index (χ1n) is 7.42. The third-order valence-electron chi connectivity index (χ3n) is 3.41. The molecule has 0 unspecified atom stereocenters. The summed E-state index contributed by atoms with van der Waals surface area (Å²) in [5.41, 5.74) is 2.91. The summed E-state index contributed by atoms with van der Waals surface area (Å²) in [6.07, 6.45) is -0.0480. The van der Waals surface area contributed by atoms with Gasteiger partial charge in [0.1, 0.15) is 0 Å². The molecule has 0 aliphatic heterocycles. The molecule has 2 rings (SSSR count). The van der Waals surface area contributed by atoms with E-state index in [4.69, 9.17) is 39.5 Å². The predicted octanol–water partition coefficient (Wildman–Crippen LogP) is 4.99. The molecule has 2 aromatic rings. The number of halogens is 3. The SMILES string of the molecule is Cc1cc(C)c(NC(=O)COC(=O)Cc2ccc(Cl)cc2Cl)c(Cl)c1. The molecule has 0 heterocycles. The van der Waals surface area contributed by atoms with Crippen LogP contribution in [-0.4, -0.2) is 18.5 Å². The van der Waals surface area contributed by atoms with Gasteiger partial charge in [-0.25, -0.2) is 0 Å². The fraction of sp³-hybridized carbons (Fsp3) is 0.222. The minimum absolute atomic E-state index is 0.0480. The Morgan fingerprint density at radius 3 is 2.40 bits per heavy atom. The Hall–Kier alpha value is -1.75. The summed E-state index contributed by atoms with van der Waals surface area (Å²) >= 11 is 17.9. The molecule has 0 aromatic heterocycles. The van der Waals surface area contributed by atoms with Gasteiger partial charge in [-0.3, -0.25) is 9.59 Å². The molecule has 7 heteroatoms. The van der Waals surface area contributed by atoms with Crippen LogP contribution in [0.1, 0.15) is 16.7 Å². The number of esters is 1. The van der Waals surface area contributed by atoms with E-state index in [1.807, 2.05) is 19.9 Å². The Morgan fingerprint density at radius 1 is 1.04 bits per heavy atom. The molecule has 0 fully saturated rings. The number of hydrogen-bond donors (Lipinski definition) is 1. The highest BCUT2D eigenvalue weighted by Crippen LogP contribution is 2.27. The molecule has 2 aromatic carbocycles. The fourth-order valence-electron chi connectivity index (χ4n) is 2.27. The van der Waals surface area contributed by atoms with Gasteiger partial charge < -0.3 is 10.1 Å². The van der Waals surface area contributed by atoms with E-state index in [1.54, 1.807) is 24.3 Å². The second kappa shape index (κ2) is 8.56. The highest BCUT2D eigenvalue weighted by molar-refractivity contribution is 6.35. The van der Waals surface area contributed by atoms with Crippen LogP contribution in [0.25, 0.3) is 0 Å². The largest absolute Gasteiger partial charge is 0.455 e. The number of nitrogens with one attached hydrogen (secondary N) is 1. The van der Waals surface area contributed by atoms with Crippen LogP contribution in [0.3, 0.4) is 0 Å². The van der Waals surface area contributed by atoms with Gasteiger partial charge in [-0.1, -0.05) is 46.9 Å². The standard InChI is InChI=1S/C18H16Cl3NO3/c1-10-5-11(2)18(15(21)6-10)22-16(23)9-25-17(24)7-12-3-4-13(19)8-14(12)20/h3-6,8H,7,9H2,1-2H3,(H,22,23). The van der Waals surface area contributed by atoms with Gasteiger partial charge in [0.15, 0.2) is 6.61 Å². The van der Waals surface area contributed by atoms with Crippen molar-refractivity contribution in [3.63, 3.8) is 0 Å². The van der Waals surface area contributed by atoms with Crippen LogP contribution in [0.4, 0.5) is 5.69 Å². The minimum Gasteiger partial charge on any atom is -0.455 e. The monoisotopic (exact) mass is 399 g/mol. The maximum absolute atomic E-state index is 12.0. The van der Waals surface area contributed by atoms with Gasteiger partial charge in [0.2, 0.25) is 0 Å². The Morgan fingerprint density at radius 2 is 1.76 bits per heavy atom. The normalized spacial score (nSPS) is 10.4. The summed E-state index contributed by atoms with van der Waals surface area (Å²) in [7, 11) is 0. The molecule has 132 valence electrons. The first kappa shape index (κ1) is 19.6. The van der Waals surface area contributed by atoms with E-state index < -0.39 is 18.5 Å². The van der Waals surface area contributed by atoms with Crippen LogP contribution in [0.2, 0.25) is 15.1 Å². The van der Waals surface area contributed by atoms with Crippen molar-refractivity contribution in [1.82, 2.24) is 0 Å². The summed E-state index contributed by atoms with van der Waals surface area (Å²) in [5.74, 6) is -1.03. The first-order valence-corrected chi connectivity index (χ1v) is 8.56. The van der Waals surface area contributed by atoms with E-state index in [-0.39, 0.29) is 6.42 Å². The summed E-state index contributed by atoms with van der Waals surface area (Å²) in [6, 6.07) is 8.46. The van der Waals surface area contributed by atoms with Crippen LogP contribution in [-0.2, 0) is 20.7 Å². The number of rotatable bonds is 5. The number of anilines is 1. The van der Waals surface area contributed by atoms with Gasteiger partial charge >= 0.3 is 5.97 Å². The van der Waals surface area contributed by atoms with Gasteiger partial charge in [-0.2, -0.15) is 0 Å². The second-order valence-corrected chi connectivity index (χ2v) is 6.81. The average Bonchev–Trinajstić information content (AvgIpc) is 2.51. The lowest BCUT2D eigenvalue weighted by Crippen LogP contribution is -2.22. The maximum atomic E-state index is 12.0. The molecule has 0 aliphatic rings. The van der Waals surface area contributed by atoms with E-state index in [0.29, 0.717) is 26.3 Å². The van der Waals surface area contributed by atoms with Crippen LogP contribution >= 0.6 is 34.8 Å². The molecule has 1 amide bonds. The van der Waals surface area contributed by atoms with Crippen molar-refractivity contribution in [3.05, 3.63) is 62.1 Å². The smallest absolute Gasteiger partial charge is 0.310 e. The first-order chi connectivity index (χ1) is 11.8. The van der Waals surface area contributed by atoms with Crippen LogP contribution in [0, 0.1) is 13.8 Å². The number of aryl methyl sites for hydroxylation is 2. The second-order valence-electron chi connectivity index (χ2n) is 5.56. The van der Waals surface area contributed by atoms with Crippen molar-refractivity contribution in [2.45, 2.75) is 20.3 Å². The fourth-order valence-corrected chi connectivity index (χ4v) is 3.11. The zero-order chi connectivity index (χ0) is 18.6. The Balaban J connectivity index is 1.90. The summed E-state index contributed by atoms with van der Waals surface area (Å²) in [6.45, 7) is 3.34. The van der Waals surface area contributed by atoms with Crippen LogP contribution in [0.15, 0.2) is 30.3 Å². The average molecular weight is 401 g/mol. The quantitative estimate of drug-likeness (QED) is 0.720. The predicted molar refractivity (Wildman–Crippen MR) is 101 cm³/mol. The van der Waals surface area contributed by atoms with Crippen molar-refractivity contribution < 1.29 is 14.3 Å². The van der Waals surface area contributed by atoms with Gasteiger partial charge in [0, 0.05) is 10.0 Å². The van der Waals surface area contributed by atoms with Gasteiger partial charge in [-0.05, 0) is 48.7 Å². The van der Waals surface area contributed by atoms with Crippen molar-refractivity contribution in [2.75, 3.05) is 11.9 Å². The number of carbonyl (C=O) groups excluding carboxylic acids is 2. The van der Waals surface area contributed by atoms with Crippen molar-refractivity contribution in [3.8, 4) is 0 Å². The summed E-state index contributed by atoms with van der Waals surface area (Å²) in [5, 5.41) is 3.94. The Kier molecular flexibility index (Phi) is 6.71. The van der Waals surface area contributed by atoms with Gasteiger partial charge in [0.25, 0.3) is 5.91 Å². The van der Waals surface area contributed by atoms with Crippen LogP contribution < -0.4 is 5.32 Å². The van der Waals surface area contributed by atoms with Gasteiger partial charge in [-0.15, -0.1) is 0 Å². The molecular formula is C18H16Cl3NO3. The van der Waals surface area contributed by atoms with E-state index in [0.717, 1.165) is 11.1 Å². The lowest BCUT2D eigenvalue weighted by molar-refractivity contribution is -0.146. The molecule has 4 nitrogen and oxygen atoms in total. The Bertz CT molecular complexity index is 798. The summed E-state index contributed by atoms with van der Waals surface area (Å²) in [4.78, 5) is 23.8. The minimum atomic E-state index is -0.564. The number of benzene rings is 2.